The van der Waals surface area contributed by atoms with Gasteiger partial charge >= 0.3 is 0 Å². The van der Waals surface area contributed by atoms with Crippen molar-refractivity contribution in [2.24, 2.45) is 11.8 Å². The molecule has 1 saturated heterocycles. The van der Waals surface area contributed by atoms with E-state index in [0.717, 1.165) is 18.2 Å². The molecule has 1 aliphatic carbocycles. The number of amides is 1. The number of nitrogens with zero attached hydrogens (tertiary/aromatic N) is 1. The summed E-state index contributed by atoms with van der Waals surface area (Å²) in [7, 11) is -1.25. The van der Waals surface area contributed by atoms with Gasteiger partial charge in [-0.1, -0.05) is 25.1 Å². The fraction of sp³-hybridized carbons (Fsp3) is 0.409. The predicted molar refractivity (Wildman–Crippen MR) is 109 cm³/mol. The Bertz CT molecular complexity index is 1050. The van der Waals surface area contributed by atoms with E-state index in [1.807, 2.05) is 6.92 Å². The summed E-state index contributed by atoms with van der Waals surface area (Å²) >= 11 is 0. The Balaban J connectivity index is 1.64. The first-order chi connectivity index (χ1) is 14.6. The lowest BCUT2D eigenvalue weighted by Gasteiger charge is -2.47. The van der Waals surface area contributed by atoms with Gasteiger partial charge in [0, 0.05) is 37.4 Å². The molecule has 31 heavy (non-hydrogen) atoms. The normalized spacial score (nSPS) is 28.2. The molecule has 2 aromatic rings. The third-order valence-electron chi connectivity index (χ3n) is 6.17. The van der Waals surface area contributed by atoms with Crippen molar-refractivity contribution >= 4 is 16.9 Å². The molecule has 1 heterocycles. The summed E-state index contributed by atoms with van der Waals surface area (Å²) < 4.78 is 73.4. The first-order valence-corrected chi connectivity index (χ1v) is 11.5. The van der Waals surface area contributed by atoms with Crippen molar-refractivity contribution in [1.82, 2.24) is 9.62 Å². The molecule has 9 heteroatoms. The van der Waals surface area contributed by atoms with Crippen LogP contribution in [-0.2, 0) is 21.4 Å². The molecule has 0 bridgehead atoms. The molecule has 0 aromatic heterocycles. The highest BCUT2D eigenvalue weighted by Gasteiger charge is 2.65. The van der Waals surface area contributed by atoms with Crippen molar-refractivity contribution in [3.05, 3.63) is 59.4 Å². The third-order valence-corrected chi connectivity index (χ3v) is 6.75. The zero-order valence-corrected chi connectivity index (χ0v) is 17.8. The summed E-state index contributed by atoms with van der Waals surface area (Å²) in [6.45, 7) is 2.65. The van der Waals surface area contributed by atoms with Crippen LogP contribution in [0, 0.1) is 29.3 Å². The lowest BCUT2D eigenvalue weighted by molar-refractivity contribution is -0.145. The van der Waals surface area contributed by atoms with Crippen molar-refractivity contribution in [3.8, 4) is 11.1 Å². The maximum absolute atomic E-state index is 15.9. The van der Waals surface area contributed by atoms with Crippen LogP contribution in [0.5, 0.6) is 0 Å². The van der Waals surface area contributed by atoms with Crippen molar-refractivity contribution in [1.29, 1.82) is 0 Å². The zero-order valence-electron chi connectivity index (χ0n) is 17.0. The molecule has 0 radical (unpaired) electrons. The fourth-order valence-electron chi connectivity index (χ4n) is 4.41. The topological polar surface area (TPSA) is 49.4 Å². The number of halogens is 4. The van der Waals surface area contributed by atoms with E-state index in [4.69, 9.17) is 0 Å². The molecule has 2 fully saturated rings. The Morgan fingerprint density at radius 2 is 1.77 bits per heavy atom. The van der Waals surface area contributed by atoms with Gasteiger partial charge in [0.15, 0.2) is 5.67 Å². The molecule has 5 atom stereocenters. The van der Waals surface area contributed by atoms with Gasteiger partial charge in [-0.05, 0) is 29.7 Å². The number of hydrogen-bond donors (Lipinski definition) is 1. The Morgan fingerprint density at radius 1 is 1.16 bits per heavy atom. The zero-order chi connectivity index (χ0) is 22.5. The quantitative estimate of drug-likeness (QED) is 0.677. The van der Waals surface area contributed by atoms with Crippen LogP contribution in [0.15, 0.2) is 36.4 Å². The van der Waals surface area contributed by atoms with Gasteiger partial charge in [-0.3, -0.25) is 4.79 Å². The molecule has 1 N–H and O–H groups in total. The van der Waals surface area contributed by atoms with E-state index in [2.05, 4.69) is 4.72 Å². The van der Waals surface area contributed by atoms with E-state index in [1.165, 1.54) is 29.4 Å². The van der Waals surface area contributed by atoms with Crippen LogP contribution in [0.25, 0.3) is 11.1 Å². The second-order valence-corrected chi connectivity index (χ2v) is 9.41. The van der Waals surface area contributed by atoms with Gasteiger partial charge in [-0.25, -0.2) is 26.5 Å². The van der Waals surface area contributed by atoms with Crippen LogP contribution in [0.1, 0.15) is 18.9 Å². The number of likely N-dealkylation sites (tertiary alicyclic amines) is 1. The second kappa shape index (κ2) is 8.02. The van der Waals surface area contributed by atoms with Gasteiger partial charge in [-0.15, -0.1) is 0 Å². The summed E-state index contributed by atoms with van der Waals surface area (Å²) in [5.41, 5.74) is -3.59. The van der Waals surface area contributed by atoms with Gasteiger partial charge in [0.2, 0.25) is 5.91 Å². The standard InChI is InChI=1S/C22H22F4N2O2S/c1-12-11-28(18(12)10-27-31(2)30)21(29)14-9-22(14,26)20-13(5-3-8-17(20)25)19-15(23)6-4-7-16(19)24/h3-8,12,14,18,27H,9-11H2,1-2H3/t12?,14?,18-,22?,31?/m1/s1. The minimum atomic E-state index is -2.35. The van der Waals surface area contributed by atoms with E-state index in [0.29, 0.717) is 13.1 Å². The highest BCUT2D eigenvalue weighted by molar-refractivity contribution is 7.82. The number of rotatable bonds is 6. The predicted octanol–water partition coefficient (Wildman–Crippen LogP) is 3.69. The van der Waals surface area contributed by atoms with Gasteiger partial charge in [-0.2, -0.15) is 0 Å². The van der Waals surface area contributed by atoms with Crippen LogP contribution in [0.2, 0.25) is 0 Å². The Kier molecular flexibility index (Phi) is 5.68. The maximum Gasteiger partial charge on any atom is 0.229 e. The average Bonchev–Trinajstić information content (AvgIpc) is 3.37. The van der Waals surface area contributed by atoms with Crippen LogP contribution in [-0.4, -0.2) is 40.4 Å². The van der Waals surface area contributed by atoms with E-state index in [-0.39, 0.29) is 23.9 Å². The van der Waals surface area contributed by atoms with Crippen LogP contribution in [0.4, 0.5) is 17.6 Å². The van der Waals surface area contributed by atoms with E-state index >= 15 is 4.39 Å². The number of nitrogens with one attached hydrogen (secondary N) is 1. The second-order valence-electron chi connectivity index (χ2n) is 8.22. The van der Waals surface area contributed by atoms with E-state index in [9.17, 15) is 22.2 Å². The summed E-state index contributed by atoms with van der Waals surface area (Å²) in [5, 5.41) is 0. The average molecular weight is 454 g/mol. The number of alkyl halides is 1. The summed E-state index contributed by atoms with van der Waals surface area (Å²) in [6, 6.07) is 6.50. The molecular formula is C22H22F4N2O2S. The Hall–Kier alpha value is -2.26. The molecule has 2 aromatic carbocycles. The molecule has 4 unspecified atom stereocenters. The summed E-state index contributed by atoms with van der Waals surface area (Å²) in [5.74, 6) is -4.29. The van der Waals surface area contributed by atoms with Gasteiger partial charge < -0.3 is 4.90 Å². The minimum absolute atomic E-state index is 0.143. The highest BCUT2D eigenvalue weighted by atomic mass is 32.2. The van der Waals surface area contributed by atoms with Crippen molar-refractivity contribution < 1.29 is 26.6 Å². The smallest absolute Gasteiger partial charge is 0.229 e. The molecule has 1 amide bonds. The number of hydrogen-bond acceptors (Lipinski definition) is 2. The molecule has 4 rings (SSSR count). The van der Waals surface area contributed by atoms with Gasteiger partial charge in [0.1, 0.15) is 17.5 Å². The summed E-state index contributed by atoms with van der Waals surface area (Å²) in [6.07, 6.45) is 1.21. The van der Waals surface area contributed by atoms with E-state index in [1.54, 1.807) is 0 Å². The Morgan fingerprint density at radius 3 is 2.39 bits per heavy atom. The van der Waals surface area contributed by atoms with Crippen molar-refractivity contribution in [2.45, 2.75) is 25.1 Å². The highest BCUT2D eigenvalue weighted by Crippen LogP contribution is 2.60. The fourth-order valence-corrected chi connectivity index (χ4v) is 4.82. The molecule has 166 valence electrons. The maximum atomic E-state index is 15.9. The number of carbonyl (C=O) groups excluding carboxylic acids is 1. The molecule has 4 nitrogen and oxygen atoms in total. The van der Waals surface area contributed by atoms with Crippen LogP contribution < -0.4 is 4.72 Å². The minimum Gasteiger partial charge on any atom is -0.337 e. The summed E-state index contributed by atoms with van der Waals surface area (Å²) in [4.78, 5) is 14.5. The van der Waals surface area contributed by atoms with Crippen LogP contribution in [0.3, 0.4) is 0 Å². The van der Waals surface area contributed by atoms with Crippen LogP contribution >= 0.6 is 0 Å². The van der Waals surface area contributed by atoms with Gasteiger partial charge in [0.25, 0.3) is 0 Å². The first-order valence-electron chi connectivity index (χ1n) is 9.95. The number of benzene rings is 2. The largest absolute Gasteiger partial charge is 0.337 e. The third kappa shape index (κ3) is 3.78. The molecule has 2 aliphatic rings. The van der Waals surface area contributed by atoms with Crippen molar-refractivity contribution in [3.63, 3.8) is 0 Å². The molecule has 1 saturated carbocycles. The van der Waals surface area contributed by atoms with Gasteiger partial charge in [0.05, 0.1) is 22.5 Å². The van der Waals surface area contributed by atoms with Crippen molar-refractivity contribution in [2.75, 3.05) is 19.3 Å². The lowest BCUT2D eigenvalue weighted by Crippen LogP contribution is -2.61. The SMILES string of the molecule is CC1CN(C(=O)C2CC2(F)c2c(F)cccc2-c2c(F)cccc2F)[C@@H]1CNS(C)=O. The Labute approximate surface area is 180 Å². The molecule has 1 aliphatic heterocycles. The lowest BCUT2D eigenvalue weighted by atomic mass is 9.89. The monoisotopic (exact) mass is 454 g/mol. The first kappa shape index (κ1) is 22.0. The molecular weight excluding hydrogens is 432 g/mol. The van der Waals surface area contributed by atoms with E-state index < -0.39 is 57.1 Å². The molecule has 0 spiro atoms. The number of carbonyl (C=O) groups is 1.